The SMILES string of the molecule is Brc1ccsc1CN1CCC(Cc2ccccc2)CC1. The van der Waals surface area contributed by atoms with Crippen LogP contribution in [-0.4, -0.2) is 18.0 Å². The van der Waals surface area contributed by atoms with Crippen LogP contribution in [0.25, 0.3) is 0 Å². The molecule has 2 heterocycles. The van der Waals surface area contributed by atoms with E-state index >= 15 is 0 Å². The highest BCUT2D eigenvalue weighted by Crippen LogP contribution is 2.27. The first kappa shape index (κ1) is 14.3. The fourth-order valence-corrected chi connectivity index (χ4v) is 4.46. The van der Waals surface area contributed by atoms with Crippen molar-refractivity contribution in [2.75, 3.05) is 13.1 Å². The van der Waals surface area contributed by atoms with Gasteiger partial charge in [0.05, 0.1) is 0 Å². The quantitative estimate of drug-likeness (QED) is 0.753. The molecule has 0 spiro atoms. The molecule has 20 heavy (non-hydrogen) atoms. The molecule has 1 nitrogen and oxygen atoms in total. The lowest BCUT2D eigenvalue weighted by atomic mass is 9.90. The number of halogens is 1. The number of nitrogens with zero attached hydrogens (tertiary/aromatic N) is 1. The van der Waals surface area contributed by atoms with Crippen molar-refractivity contribution in [3.8, 4) is 0 Å². The van der Waals surface area contributed by atoms with E-state index in [2.05, 4.69) is 62.6 Å². The van der Waals surface area contributed by atoms with Crippen LogP contribution in [-0.2, 0) is 13.0 Å². The van der Waals surface area contributed by atoms with E-state index in [1.165, 1.54) is 47.3 Å². The number of hydrogen-bond donors (Lipinski definition) is 0. The number of thiophene rings is 1. The second-order valence-corrected chi connectivity index (χ2v) is 7.46. The van der Waals surface area contributed by atoms with Crippen LogP contribution in [0.1, 0.15) is 23.3 Å². The Hall–Kier alpha value is -0.640. The number of rotatable bonds is 4. The minimum atomic E-state index is 0.862. The molecule has 0 bridgehead atoms. The average Bonchev–Trinajstić information content (AvgIpc) is 2.88. The molecule has 2 aromatic rings. The van der Waals surface area contributed by atoms with Crippen LogP contribution in [0.5, 0.6) is 0 Å². The third-order valence-corrected chi connectivity index (χ3v) is 6.04. The van der Waals surface area contributed by atoms with Gasteiger partial charge in [-0.05, 0) is 71.2 Å². The summed E-state index contributed by atoms with van der Waals surface area (Å²) in [7, 11) is 0. The maximum absolute atomic E-state index is 3.63. The van der Waals surface area contributed by atoms with E-state index in [0.29, 0.717) is 0 Å². The van der Waals surface area contributed by atoms with Gasteiger partial charge in [0, 0.05) is 15.9 Å². The van der Waals surface area contributed by atoms with Crippen LogP contribution in [0.3, 0.4) is 0 Å². The maximum Gasteiger partial charge on any atom is 0.0339 e. The summed E-state index contributed by atoms with van der Waals surface area (Å²) in [6, 6.07) is 13.1. The Balaban J connectivity index is 1.49. The van der Waals surface area contributed by atoms with Crippen LogP contribution in [0.2, 0.25) is 0 Å². The Labute approximate surface area is 133 Å². The lowest BCUT2D eigenvalue weighted by molar-refractivity contribution is 0.178. The van der Waals surface area contributed by atoms with Crippen LogP contribution < -0.4 is 0 Å². The van der Waals surface area contributed by atoms with E-state index in [-0.39, 0.29) is 0 Å². The first-order valence-corrected chi connectivity index (χ1v) is 8.96. The molecule has 3 rings (SSSR count). The van der Waals surface area contributed by atoms with Gasteiger partial charge < -0.3 is 0 Å². The zero-order valence-electron chi connectivity index (χ0n) is 11.6. The standard InChI is InChI=1S/C17H20BrNS/c18-16-8-11-20-17(16)13-19-9-6-15(7-10-19)12-14-4-2-1-3-5-14/h1-5,8,11,15H,6-7,9-10,12-13H2. The molecule has 0 aliphatic carbocycles. The summed E-state index contributed by atoms with van der Waals surface area (Å²) in [6.45, 7) is 3.58. The minimum absolute atomic E-state index is 0.862. The Morgan fingerprint density at radius 1 is 1.10 bits per heavy atom. The number of benzene rings is 1. The van der Waals surface area contributed by atoms with Gasteiger partial charge in [-0.25, -0.2) is 0 Å². The van der Waals surface area contributed by atoms with Gasteiger partial charge in [-0.3, -0.25) is 4.90 Å². The first-order chi connectivity index (χ1) is 9.81. The van der Waals surface area contributed by atoms with Crippen LogP contribution in [0.4, 0.5) is 0 Å². The second kappa shape index (κ2) is 6.88. The summed E-state index contributed by atoms with van der Waals surface area (Å²) >= 11 is 5.49. The Morgan fingerprint density at radius 3 is 2.50 bits per heavy atom. The lowest BCUT2D eigenvalue weighted by Gasteiger charge is -2.31. The summed E-state index contributed by atoms with van der Waals surface area (Å²) in [6.07, 6.45) is 3.91. The predicted molar refractivity (Wildman–Crippen MR) is 90.2 cm³/mol. The second-order valence-electron chi connectivity index (χ2n) is 5.60. The zero-order valence-corrected chi connectivity index (χ0v) is 14.0. The normalized spacial score (nSPS) is 17.4. The molecule has 1 saturated heterocycles. The number of likely N-dealkylation sites (tertiary alicyclic amines) is 1. The Kier molecular flexibility index (Phi) is 4.92. The highest BCUT2D eigenvalue weighted by Gasteiger charge is 2.20. The molecule has 1 aromatic carbocycles. The molecule has 1 aromatic heterocycles. The maximum atomic E-state index is 3.63. The molecule has 0 amide bonds. The Bertz CT molecular complexity index is 529. The monoisotopic (exact) mass is 349 g/mol. The molecule has 0 saturated carbocycles. The van der Waals surface area contributed by atoms with Crippen molar-refractivity contribution in [3.05, 3.63) is 56.7 Å². The summed E-state index contributed by atoms with van der Waals surface area (Å²) < 4.78 is 1.27. The largest absolute Gasteiger partial charge is 0.298 e. The van der Waals surface area contributed by atoms with Crippen molar-refractivity contribution in [2.45, 2.75) is 25.8 Å². The van der Waals surface area contributed by atoms with Gasteiger partial charge in [-0.1, -0.05) is 30.3 Å². The molecule has 3 heteroatoms. The molecule has 1 fully saturated rings. The number of hydrogen-bond acceptors (Lipinski definition) is 2. The highest BCUT2D eigenvalue weighted by molar-refractivity contribution is 9.10. The van der Waals surface area contributed by atoms with E-state index in [9.17, 15) is 0 Å². The molecular formula is C17H20BrNS. The van der Waals surface area contributed by atoms with Crippen molar-refractivity contribution in [1.82, 2.24) is 4.90 Å². The van der Waals surface area contributed by atoms with E-state index < -0.39 is 0 Å². The van der Waals surface area contributed by atoms with Crippen molar-refractivity contribution in [1.29, 1.82) is 0 Å². The topological polar surface area (TPSA) is 3.24 Å². The van der Waals surface area contributed by atoms with Gasteiger partial charge in [-0.15, -0.1) is 11.3 Å². The van der Waals surface area contributed by atoms with Crippen LogP contribution in [0, 0.1) is 5.92 Å². The fraction of sp³-hybridized carbons (Fsp3) is 0.412. The van der Waals surface area contributed by atoms with Gasteiger partial charge in [0.15, 0.2) is 0 Å². The zero-order chi connectivity index (χ0) is 13.8. The summed E-state index contributed by atoms with van der Waals surface area (Å²) in [5.41, 5.74) is 1.49. The van der Waals surface area contributed by atoms with Crippen molar-refractivity contribution < 1.29 is 0 Å². The Morgan fingerprint density at radius 2 is 1.85 bits per heavy atom. The summed E-state index contributed by atoms with van der Waals surface area (Å²) in [4.78, 5) is 4.06. The van der Waals surface area contributed by atoms with Gasteiger partial charge in [0.2, 0.25) is 0 Å². The predicted octanol–water partition coefficient (Wildman–Crippen LogP) is 4.97. The van der Waals surface area contributed by atoms with Gasteiger partial charge in [-0.2, -0.15) is 0 Å². The van der Waals surface area contributed by atoms with E-state index in [1.54, 1.807) is 0 Å². The van der Waals surface area contributed by atoms with Crippen molar-refractivity contribution in [2.24, 2.45) is 5.92 Å². The van der Waals surface area contributed by atoms with E-state index in [0.717, 1.165) is 12.5 Å². The van der Waals surface area contributed by atoms with Gasteiger partial charge in [0.1, 0.15) is 0 Å². The molecular weight excluding hydrogens is 330 g/mol. The van der Waals surface area contributed by atoms with Gasteiger partial charge in [0.25, 0.3) is 0 Å². The van der Waals surface area contributed by atoms with Gasteiger partial charge >= 0.3 is 0 Å². The molecule has 0 unspecified atom stereocenters. The molecule has 106 valence electrons. The summed E-state index contributed by atoms with van der Waals surface area (Å²) in [5, 5.41) is 2.17. The molecule has 1 aliphatic heterocycles. The third kappa shape index (κ3) is 3.72. The molecule has 0 atom stereocenters. The molecule has 1 aliphatic rings. The molecule has 0 N–H and O–H groups in total. The van der Waals surface area contributed by atoms with Crippen LogP contribution in [0.15, 0.2) is 46.3 Å². The minimum Gasteiger partial charge on any atom is -0.298 e. The fourth-order valence-electron chi connectivity index (χ4n) is 2.94. The highest BCUT2D eigenvalue weighted by atomic mass is 79.9. The van der Waals surface area contributed by atoms with Crippen LogP contribution >= 0.6 is 27.3 Å². The molecule has 0 radical (unpaired) electrons. The lowest BCUT2D eigenvalue weighted by Crippen LogP contribution is -2.33. The third-order valence-electron chi connectivity index (χ3n) is 4.13. The summed E-state index contributed by atoms with van der Waals surface area (Å²) in [5.74, 6) is 0.862. The van der Waals surface area contributed by atoms with E-state index in [4.69, 9.17) is 0 Å². The van der Waals surface area contributed by atoms with Crippen molar-refractivity contribution >= 4 is 27.3 Å². The van der Waals surface area contributed by atoms with Crippen molar-refractivity contribution in [3.63, 3.8) is 0 Å². The smallest absolute Gasteiger partial charge is 0.0339 e. The average molecular weight is 350 g/mol. The first-order valence-electron chi connectivity index (χ1n) is 7.29. The van der Waals surface area contributed by atoms with E-state index in [1.807, 2.05) is 11.3 Å². The number of piperidine rings is 1.